The first-order chi connectivity index (χ1) is 9.47. The van der Waals surface area contributed by atoms with Gasteiger partial charge in [-0.2, -0.15) is 0 Å². The zero-order valence-electron chi connectivity index (χ0n) is 12.2. The van der Waals surface area contributed by atoms with Gasteiger partial charge in [-0.1, -0.05) is 12.8 Å². The molecular weight excluding hydrogens is 278 g/mol. The van der Waals surface area contributed by atoms with E-state index in [0.29, 0.717) is 38.5 Å². The van der Waals surface area contributed by atoms with Crippen LogP contribution >= 0.6 is 0 Å². The van der Waals surface area contributed by atoms with Gasteiger partial charge < -0.3 is 10.2 Å². The van der Waals surface area contributed by atoms with Gasteiger partial charge in [-0.15, -0.1) is 0 Å². The second-order valence-electron chi connectivity index (χ2n) is 5.84. The lowest BCUT2D eigenvalue weighted by Crippen LogP contribution is -2.43. The Morgan fingerprint density at radius 3 is 2.45 bits per heavy atom. The van der Waals surface area contributed by atoms with Crippen LogP contribution in [0.4, 0.5) is 4.79 Å². The number of carbonyl (C=O) groups is 1. The van der Waals surface area contributed by atoms with Crippen molar-refractivity contribution in [2.45, 2.75) is 32.1 Å². The van der Waals surface area contributed by atoms with Crippen molar-refractivity contribution in [3.05, 3.63) is 0 Å². The van der Waals surface area contributed by atoms with Crippen molar-refractivity contribution in [3.8, 4) is 0 Å². The molecule has 1 saturated heterocycles. The third kappa shape index (κ3) is 4.34. The number of nitrogens with one attached hydrogen (secondary N) is 1. The van der Waals surface area contributed by atoms with Gasteiger partial charge in [0, 0.05) is 32.7 Å². The SMILES string of the molecule is CS(=O)(=O)N1CCCN(C(=O)NCC2CCCC2)CC1. The van der Waals surface area contributed by atoms with Crippen LogP contribution in [0.5, 0.6) is 0 Å². The van der Waals surface area contributed by atoms with Crippen molar-refractivity contribution in [1.29, 1.82) is 0 Å². The molecule has 2 fully saturated rings. The molecule has 1 aliphatic heterocycles. The number of carbonyl (C=O) groups excluding carboxylic acids is 1. The van der Waals surface area contributed by atoms with Crippen molar-refractivity contribution < 1.29 is 13.2 Å². The maximum Gasteiger partial charge on any atom is 0.317 e. The van der Waals surface area contributed by atoms with Crippen molar-refractivity contribution >= 4 is 16.1 Å². The molecule has 2 amide bonds. The highest BCUT2D eigenvalue weighted by atomic mass is 32.2. The zero-order valence-corrected chi connectivity index (χ0v) is 13.0. The largest absolute Gasteiger partial charge is 0.338 e. The number of sulfonamides is 1. The van der Waals surface area contributed by atoms with Crippen molar-refractivity contribution in [1.82, 2.24) is 14.5 Å². The molecule has 1 saturated carbocycles. The van der Waals surface area contributed by atoms with Crippen LogP contribution in [0.15, 0.2) is 0 Å². The number of rotatable bonds is 3. The van der Waals surface area contributed by atoms with Crippen LogP contribution in [0.1, 0.15) is 32.1 Å². The average molecular weight is 303 g/mol. The van der Waals surface area contributed by atoms with E-state index in [1.165, 1.54) is 36.2 Å². The second kappa shape index (κ2) is 6.76. The summed E-state index contributed by atoms with van der Waals surface area (Å²) in [4.78, 5) is 13.8. The van der Waals surface area contributed by atoms with Gasteiger partial charge in [0.1, 0.15) is 0 Å². The average Bonchev–Trinajstić information content (AvgIpc) is 2.76. The van der Waals surface area contributed by atoms with Gasteiger partial charge in [0.15, 0.2) is 0 Å². The van der Waals surface area contributed by atoms with E-state index >= 15 is 0 Å². The summed E-state index contributed by atoms with van der Waals surface area (Å²) in [6.07, 6.45) is 6.89. The molecule has 0 aromatic carbocycles. The fourth-order valence-corrected chi connectivity index (χ4v) is 3.86. The Kier molecular flexibility index (Phi) is 5.26. The molecule has 0 atom stereocenters. The van der Waals surface area contributed by atoms with Crippen molar-refractivity contribution in [3.63, 3.8) is 0 Å². The van der Waals surface area contributed by atoms with E-state index in [0.717, 1.165) is 6.54 Å². The summed E-state index contributed by atoms with van der Waals surface area (Å²) < 4.78 is 24.5. The van der Waals surface area contributed by atoms with E-state index in [2.05, 4.69) is 5.32 Å². The predicted octanol–water partition coefficient (Wildman–Crippen LogP) is 0.853. The van der Waals surface area contributed by atoms with E-state index in [4.69, 9.17) is 0 Å². The fourth-order valence-electron chi connectivity index (χ4n) is 2.99. The van der Waals surface area contributed by atoms with Crippen LogP contribution in [-0.2, 0) is 10.0 Å². The quantitative estimate of drug-likeness (QED) is 0.840. The summed E-state index contributed by atoms with van der Waals surface area (Å²) in [7, 11) is -3.15. The predicted molar refractivity (Wildman–Crippen MR) is 78.0 cm³/mol. The number of amides is 2. The first-order valence-corrected chi connectivity index (χ1v) is 9.29. The van der Waals surface area contributed by atoms with Gasteiger partial charge in [0.2, 0.25) is 10.0 Å². The lowest BCUT2D eigenvalue weighted by molar-refractivity contribution is 0.198. The molecule has 6 nitrogen and oxygen atoms in total. The molecule has 20 heavy (non-hydrogen) atoms. The summed E-state index contributed by atoms with van der Waals surface area (Å²) in [5.41, 5.74) is 0. The van der Waals surface area contributed by atoms with Crippen LogP contribution in [0.3, 0.4) is 0 Å². The molecule has 1 aliphatic carbocycles. The van der Waals surface area contributed by atoms with E-state index < -0.39 is 10.0 Å². The first-order valence-electron chi connectivity index (χ1n) is 7.45. The highest BCUT2D eigenvalue weighted by Gasteiger charge is 2.24. The van der Waals surface area contributed by atoms with Gasteiger partial charge in [-0.25, -0.2) is 17.5 Å². The van der Waals surface area contributed by atoms with Crippen molar-refractivity contribution in [2.75, 3.05) is 39.0 Å². The molecule has 0 spiro atoms. The van der Waals surface area contributed by atoms with E-state index in [-0.39, 0.29) is 6.03 Å². The summed E-state index contributed by atoms with van der Waals surface area (Å²) in [6, 6.07) is -0.0488. The number of hydrogen-bond acceptors (Lipinski definition) is 3. The second-order valence-corrected chi connectivity index (χ2v) is 7.82. The van der Waals surface area contributed by atoms with E-state index in [9.17, 15) is 13.2 Å². The highest BCUT2D eigenvalue weighted by molar-refractivity contribution is 7.88. The first kappa shape index (κ1) is 15.6. The maximum atomic E-state index is 12.1. The molecule has 1 heterocycles. The third-order valence-corrected chi connectivity index (χ3v) is 5.53. The summed E-state index contributed by atoms with van der Waals surface area (Å²) in [5, 5.41) is 2.99. The fraction of sp³-hybridized carbons (Fsp3) is 0.923. The Hall–Kier alpha value is -0.820. The van der Waals surface area contributed by atoms with Gasteiger partial charge in [-0.05, 0) is 25.2 Å². The Morgan fingerprint density at radius 2 is 1.80 bits per heavy atom. The Balaban J connectivity index is 1.78. The van der Waals surface area contributed by atoms with E-state index in [1.54, 1.807) is 4.90 Å². The lowest BCUT2D eigenvalue weighted by atomic mass is 10.1. The lowest BCUT2D eigenvalue weighted by Gasteiger charge is -2.22. The standard InChI is InChI=1S/C13H25N3O3S/c1-20(18,19)16-8-4-7-15(9-10-16)13(17)14-11-12-5-2-3-6-12/h12H,2-11H2,1H3,(H,14,17). The minimum Gasteiger partial charge on any atom is -0.338 e. The van der Waals surface area contributed by atoms with Crippen LogP contribution in [0.25, 0.3) is 0 Å². The minimum atomic E-state index is -3.15. The van der Waals surface area contributed by atoms with Crippen LogP contribution < -0.4 is 5.32 Å². The van der Waals surface area contributed by atoms with E-state index in [1.807, 2.05) is 0 Å². The summed E-state index contributed by atoms with van der Waals surface area (Å²) in [6.45, 7) is 2.76. The molecular formula is C13H25N3O3S. The van der Waals surface area contributed by atoms with Gasteiger partial charge >= 0.3 is 6.03 Å². The molecule has 0 unspecified atom stereocenters. The van der Waals surface area contributed by atoms with Crippen LogP contribution in [0.2, 0.25) is 0 Å². The molecule has 0 aromatic rings. The molecule has 2 aliphatic rings. The number of urea groups is 1. The topological polar surface area (TPSA) is 69.7 Å². The molecule has 0 bridgehead atoms. The van der Waals surface area contributed by atoms with Gasteiger partial charge in [0.25, 0.3) is 0 Å². The van der Waals surface area contributed by atoms with Gasteiger partial charge in [0.05, 0.1) is 6.26 Å². The number of nitrogens with zero attached hydrogens (tertiary/aromatic N) is 2. The molecule has 0 aromatic heterocycles. The van der Waals surface area contributed by atoms with Crippen LogP contribution in [0, 0.1) is 5.92 Å². The third-order valence-electron chi connectivity index (χ3n) is 4.23. The van der Waals surface area contributed by atoms with Gasteiger partial charge in [-0.3, -0.25) is 0 Å². The molecule has 2 rings (SSSR count). The zero-order chi connectivity index (χ0) is 14.6. The smallest absolute Gasteiger partial charge is 0.317 e. The molecule has 0 radical (unpaired) electrons. The van der Waals surface area contributed by atoms with Crippen LogP contribution in [-0.4, -0.2) is 62.6 Å². The molecule has 1 N–H and O–H groups in total. The summed E-state index contributed by atoms with van der Waals surface area (Å²) in [5.74, 6) is 0.624. The normalized spacial score (nSPS) is 22.8. The highest BCUT2D eigenvalue weighted by Crippen LogP contribution is 2.23. The Labute approximate surface area is 121 Å². The molecule has 7 heteroatoms. The Bertz CT molecular complexity index is 432. The summed E-state index contributed by atoms with van der Waals surface area (Å²) >= 11 is 0. The molecule has 116 valence electrons. The van der Waals surface area contributed by atoms with Crippen molar-refractivity contribution in [2.24, 2.45) is 5.92 Å². The number of hydrogen-bond donors (Lipinski definition) is 1. The Morgan fingerprint density at radius 1 is 1.10 bits per heavy atom. The minimum absolute atomic E-state index is 0.0488. The maximum absolute atomic E-state index is 12.1. The monoisotopic (exact) mass is 303 g/mol.